The van der Waals surface area contributed by atoms with Crippen LogP contribution in [0.2, 0.25) is 0 Å². The van der Waals surface area contributed by atoms with Crippen molar-refractivity contribution < 1.29 is 10.2 Å². The lowest BCUT2D eigenvalue weighted by molar-refractivity contribution is 0.475. The lowest BCUT2D eigenvalue weighted by Gasteiger charge is -2.09. The van der Waals surface area contributed by atoms with Crippen molar-refractivity contribution in [1.29, 1.82) is 0 Å². The van der Waals surface area contributed by atoms with Gasteiger partial charge in [0, 0.05) is 5.56 Å². The molecule has 0 aliphatic heterocycles. The maximum Gasteiger partial charge on any atom is 0.124 e. The SMILES string of the molecule is Oc1ccc2c(-c3ccccc3)c(O)ccc2c1. The fourth-order valence-electron chi connectivity index (χ4n) is 2.21. The molecule has 0 amide bonds. The average molecular weight is 236 g/mol. The zero-order chi connectivity index (χ0) is 12.5. The van der Waals surface area contributed by atoms with Crippen LogP contribution in [0.25, 0.3) is 21.9 Å². The zero-order valence-corrected chi connectivity index (χ0v) is 9.67. The van der Waals surface area contributed by atoms with Crippen LogP contribution in [0.15, 0.2) is 60.7 Å². The summed E-state index contributed by atoms with van der Waals surface area (Å²) in [5.74, 6) is 0.478. The molecular formula is C16H12O2. The van der Waals surface area contributed by atoms with E-state index in [9.17, 15) is 10.2 Å². The van der Waals surface area contributed by atoms with E-state index in [1.54, 1.807) is 24.3 Å². The van der Waals surface area contributed by atoms with Gasteiger partial charge in [-0.15, -0.1) is 0 Å². The van der Waals surface area contributed by atoms with Gasteiger partial charge in [0.25, 0.3) is 0 Å². The highest BCUT2D eigenvalue weighted by Crippen LogP contribution is 2.37. The van der Waals surface area contributed by atoms with E-state index in [4.69, 9.17) is 0 Å². The number of phenols is 2. The Balaban J connectivity index is 2.37. The first-order valence-corrected chi connectivity index (χ1v) is 5.76. The van der Waals surface area contributed by atoms with Crippen molar-refractivity contribution in [3.63, 3.8) is 0 Å². The van der Waals surface area contributed by atoms with E-state index in [1.165, 1.54) is 0 Å². The summed E-state index contributed by atoms with van der Waals surface area (Å²) >= 11 is 0. The molecule has 0 atom stereocenters. The molecule has 0 heterocycles. The third-order valence-corrected chi connectivity index (χ3v) is 3.04. The Morgan fingerprint density at radius 1 is 0.722 bits per heavy atom. The standard InChI is InChI=1S/C16H12O2/c17-13-7-8-14-12(10-13)6-9-15(18)16(14)11-4-2-1-3-5-11/h1-10,17-18H. The van der Waals surface area contributed by atoms with Crippen molar-refractivity contribution in [1.82, 2.24) is 0 Å². The van der Waals surface area contributed by atoms with Gasteiger partial charge in [0.2, 0.25) is 0 Å². The third-order valence-electron chi connectivity index (χ3n) is 3.04. The number of hydrogen-bond donors (Lipinski definition) is 2. The van der Waals surface area contributed by atoms with Crippen LogP contribution in [0.4, 0.5) is 0 Å². The van der Waals surface area contributed by atoms with Crippen LogP contribution in [0.5, 0.6) is 11.5 Å². The summed E-state index contributed by atoms with van der Waals surface area (Å²) < 4.78 is 0. The van der Waals surface area contributed by atoms with Crippen molar-refractivity contribution in [3.05, 3.63) is 60.7 Å². The van der Waals surface area contributed by atoms with Crippen LogP contribution in [0, 0.1) is 0 Å². The molecule has 0 aliphatic rings. The first-order valence-electron chi connectivity index (χ1n) is 5.76. The van der Waals surface area contributed by atoms with Gasteiger partial charge >= 0.3 is 0 Å². The Morgan fingerprint density at radius 2 is 1.50 bits per heavy atom. The fraction of sp³-hybridized carbons (Fsp3) is 0. The summed E-state index contributed by atoms with van der Waals surface area (Å²) in [6.45, 7) is 0. The third kappa shape index (κ3) is 1.68. The van der Waals surface area contributed by atoms with E-state index in [-0.39, 0.29) is 11.5 Å². The van der Waals surface area contributed by atoms with Gasteiger partial charge in [-0.25, -0.2) is 0 Å². The molecule has 0 radical (unpaired) electrons. The number of rotatable bonds is 1. The van der Waals surface area contributed by atoms with Crippen molar-refractivity contribution >= 4 is 10.8 Å². The van der Waals surface area contributed by atoms with Gasteiger partial charge in [0.1, 0.15) is 11.5 Å². The molecule has 3 rings (SSSR count). The molecule has 3 aromatic carbocycles. The van der Waals surface area contributed by atoms with Crippen molar-refractivity contribution in [2.24, 2.45) is 0 Å². The molecule has 3 aromatic rings. The maximum atomic E-state index is 10.1. The molecule has 2 N–H and O–H groups in total. The molecule has 88 valence electrons. The molecular weight excluding hydrogens is 224 g/mol. The normalized spacial score (nSPS) is 10.7. The summed E-state index contributed by atoms with van der Waals surface area (Å²) in [5.41, 5.74) is 1.76. The van der Waals surface area contributed by atoms with Gasteiger partial charge in [-0.3, -0.25) is 0 Å². The number of fused-ring (bicyclic) bond motifs is 1. The molecule has 0 unspecified atom stereocenters. The van der Waals surface area contributed by atoms with Crippen LogP contribution < -0.4 is 0 Å². The second-order valence-electron chi connectivity index (χ2n) is 4.23. The zero-order valence-electron chi connectivity index (χ0n) is 9.67. The monoisotopic (exact) mass is 236 g/mol. The highest BCUT2D eigenvalue weighted by atomic mass is 16.3. The summed E-state index contributed by atoms with van der Waals surface area (Å²) in [5, 5.41) is 21.4. The Labute approximate surface area is 105 Å². The summed E-state index contributed by atoms with van der Waals surface area (Å²) in [6, 6.07) is 18.4. The van der Waals surface area contributed by atoms with Crippen LogP contribution in [0.3, 0.4) is 0 Å². The van der Waals surface area contributed by atoms with Crippen LogP contribution >= 0.6 is 0 Å². The van der Waals surface area contributed by atoms with Gasteiger partial charge in [0.15, 0.2) is 0 Å². The van der Waals surface area contributed by atoms with E-state index < -0.39 is 0 Å². The van der Waals surface area contributed by atoms with Crippen molar-refractivity contribution in [2.75, 3.05) is 0 Å². The summed E-state index contributed by atoms with van der Waals surface area (Å²) in [6.07, 6.45) is 0. The molecule has 0 spiro atoms. The Kier molecular flexibility index (Phi) is 2.41. The molecule has 0 saturated carbocycles. The van der Waals surface area contributed by atoms with Crippen molar-refractivity contribution in [2.45, 2.75) is 0 Å². The van der Waals surface area contributed by atoms with Crippen LogP contribution in [-0.4, -0.2) is 10.2 Å². The number of benzene rings is 3. The first kappa shape index (κ1) is 10.7. The van der Waals surface area contributed by atoms with E-state index in [0.29, 0.717) is 0 Å². The Morgan fingerprint density at radius 3 is 2.28 bits per heavy atom. The van der Waals surface area contributed by atoms with Gasteiger partial charge < -0.3 is 10.2 Å². The van der Waals surface area contributed by atoms with E-state index in [2.05, 4.69) is 0 Å². The summed E-state index contributed by atoms with van der Waals surface area (Å²) in [7, 11) is 0. The number of aromatic hydroxyl groups is 2. The summed E-state index contributed by atoms with van der Waals surface area (Å²) in [4.78, 5) is 0. The Hall–Kier alpha value is -2.48. The van der Waals surface area contributed by atoms with Crippen LogP contribution in [-0.2, 0) is 0 Å². The number of phenolic OH excluding ortho intramolecular Hbond substituents is 2. The van der Waals surface area contributed by atoms with Gasteiger partial charge in [-0.1, -0.05) is 36.4 Å². The van der Waals surface area contributed by atoms with E-state index >= 15 is 0 Å². The molecule has 2 heteroatoms. The molecule has 2 nitrogen and oxygen atoms in total. The lowest BCUT2D eigenvalue weighted by atomic mass is 9.97. The molecule has 0 aliphatic carbocycles. The Bertz CT molecular complexity index is 703. The topological polar surface area (TPSA) is 40.5 Å². The predicted octanol–water partition coefficient (Wildman–Crippen LogP) is 3.92. The molecule has 0 fully saturated rings. The highest BCUT2D eigenvalue weighted by Gasteiger charge is 2.09. The second-order valence-corrected chi connectivity index (χ2v) is 4.23. The minimum absolute atomic E-state index is 0.229. The maximum absolute atomic E-state index is 10.1. The smallest absolute Gasteiger partial charge is 0.124 e. The second kappa shape index (κ2) is 4.08. The van der Waals surface area contributed by atoms with Crippen LogP contribution in [0.1, 0.15) is 0 Å². The quantitative estimate of drug-likeness (QED) is 0.672. The largest absolute Gasteiger partial charge is 0.508 e. The molecule has 0 aromatic heterocycles. The van der Waals surface area contributed by atoms with Gasteiger partial charge in [-0.05, 0) is 40.6 Å². The lowest BCUT2D eigenvalue weighted by Crippen LogP contribution is -1.82. The first-order chi connectivity index (χ1) is 8.75. The molecule has 18 heavy (non-hydrogen) atoms. The van der Waals surface area contributed by atoms with Crippen molar-refractivity contribution in [3.8, 4) is 22.6 Å². The van der Waals surface area contributed by atoms with Gasteiger partial charge in [-0.2, -0.15) is 0 Å². The molecule has 0 saturated heterocycles. The van der Waals surface area contributed by atoms with E-state index in [0.717, 1.165) is 21.9 Å². The predicted molar refractivity (Wildman–Crippen MR) is 72.7 cm³/mol. The molecule has 0 bridgehead atoms. The number of hydrogen-bond acceptors (Lipinski definition) is 2. The fourth-order valence-corrected chi connectivity index (χ4v) is 2.21. The minimum atomic E-state index is 0.229. The van der Waals surface area contributed by atoms with Gasteiger partial charge in [0.05, 0.1) is 0 Å². The average Bonchev–Trinajstić information content (AvgIpc) is 2.40. The highest BCUT2D eigenvalue weighted by molar-refractivity contribution is 6.00. The minimum Gasteiger partial charge on any atom is -0.508 e. The van der Waals surface area contributed by atoms with E-state index in [1.807, 2.05) is 36.4 Å².